The predicted octanol–water partition coefficient (Wildman–Crippen LogP) is 3.13. The molecule has 0 aliphatic carbocycles. The molecule has 5 nitrogen and oxygen atoms in total. The molecule has 1 aromatic heterocycles. The minimum Gasteiger partial charge on any atom is -0.333 e. The summed E-state index contributed by atoms with van der Waals surface area (Å²) >= 11 is 0. The fraction of sp³-hybridized carbons (Fsp3) is 0.529. The highest BCUT2D eigenvalue weighted by Crippen LogP contribution is 2.22. The van der Waals surface area contributed by atoms with Crippen molar-refractivity contribution >= 4 is 6.01 Å². The molecular formula is C17H24N4O. The average molecular weight is 300 g/mol. The van der Waals surface area contributed by atoms with Crippen LogP contribution in [0.4, 0.5) is 6.01 Å². The summed E-state index contributed by atoms with van der Waals surface area (Å²) in [6.07, 6.45) is 0. The summed E-state index contributed by atoms with van der Waals surface area (Å²) in [6.45, 7) is 9.46. The van der Waals surface area contributed by atoms with Crippen molar-refractivity contribution in [1.82, 2.24) is 15.0 Å². The van der Waals surface area contributed by atoms with Crippen molar-refractivity contribution in [1.29, 1.82) is 0 Å². The number of hydrogen-bond donors (Lipinski definition) is 1. The summed E-state index contributed by atoms with van der Waals surface area (Å²) in [7, 11) is 0. The van der Waals surface area contributed by atoms with Gasteiger partial charge in [-0.15, -0.1) is 0 Å². The van der Waals surface area contributed by atoms with Crippen LogP contribution in [0.25, 0.3) is 0 Å². The van der Waals surface area contributed by atoms with Gasteiger partial charge in [-0.25, -0.2) is 0 Å². The molecule has 2 atom stereocenters. The Labute approximate surface area is 131 Å². The molecule has 1 aliphatic heterocycles. The van der Waals surface area contributed by atoms with Gasteiger partial charge in [-0.05, 0) is 11.5 Å². The summed E-state index contributed by atoms with van der Waals surface area (Å²) in [5, 5.41) is 7.41. The van der Waals surface area contributed by atoms with E-state index in [1.165, 1.54) is 5.56 Å². The average Bonchev–Trinajstić information content (AvgIpc) is 3.08. The van der Waals surface area contributed by atoms with Crippen molar-refractivity contribution in [3.8, 4) is 0 Å². The maximum atomic E-state index is 5.30. The first-order chi connectivity index (χ1) is 10.6. The Morgan fingerprint density at radius 3 is 2.73 bits per heavy atom. The molecule has 1 aromatic carbocycles. The van der Waals surface area contributed by atoms with Gasteiger partial charge in [-0.3, -0.25) is 4.90 Å². The lowest BCUT2D eigenvalue weighted by molar-refractivity contribution is 0.319. The van der Waals surface area contributed by atoms with E-state index in [-0.39, 0.29) is 5.92 Å². The van der Waals surface area contributed by atoms with Gasteiger partial charge in [-0.1, -0.05) is 56.3 Å². The first-order valence-corrected chi connectivity index (χ1v) is 7.98. The first-order valence-electron chi connectivity index (χ1n) is 7.98. The smallest absolute Gasteiger partial charge is 0.321 e. The van der Waals surface area contributed by atoms with Crippen LogP contribution in [0, 0.1) is 5.92 Å². The number of aromatic nitrogens is 2. The molecule has 3 rings (SSSR count). The van der Waals surface area contributed by atoms with Crippen molar-refractivity contribution in [3.63, 3.8) is 0 Å². The first kappa shape index (κ1) is 15.0. The molecule has 1 fully saturated rings. The molecule has 2 heterocycles. The monoisotopic (exact) mass is 300 g/mol. The number of benzene rings is 1. The highest BCUT2D eigenvalue weighted by atomic mass is 16.5. The Bertz CT molecular complexity index is 596. The van der Waals surface area contributed by atoms with Gasteiger partial charge in [0.1, 0.15) is 0 Å². The largest absolute Gasteiger partial charge is 0.333 e. The van der Waals surface area contributed by atoms with E-state index in [9.17, 15) is 0 Å². The Kier molecular flexibility index (Phi) is 4.43. The maximum absolute atomic E-state index is 5.30. The summed E-state index contributed by atoms with van der Waals surface area (Å²) in [5.74, 6) is 1.60. The van der Waals surface area contributed by atoms with Gasteiger partial charge in [-0.2, -0.15) is 4.98 Å². The summed E-state index contributed by atoms with van der Waals surface area (Å²) < 4.78 is 5.30. The van der Waals surface area contributed by atoms with Gasteiger partial charge >= 0.3 is 6.01 Å². The van der Waals surface area contributed by atoms with E-state index in [0.717, 1.165) is 25.5 Å². The number of likely N-dealkylation sites (tertiary alicyclic amines) is 1. The maximum Gasteiger partial charge on any atom is 0.321 e. The second kappa shape index (κ2) is 6.48. The molecule has 5 heteroatoms. The lowest BCUT2D eigenvalue weighted by Crippen LogP contribution is -2.28. The fourth-order valence-electron chi connectivity index (χ4n) is 2.91. The molecule has 0 amide bonds. The molecule has 0 bridgehead atoms. The lowest BCUT2D eigenvalue weighted by Gasteiger charge is -2.16. The van der Waals surface area contributed by atoms with Gasteiger partial charge in [0, 0.05) is 31.6 Å². The fourth-order valence-corrected chi connectivity index (χ4v) is 2.91. The number of rotatable bonds is 5. The van der Waals surface area contributed by atoms with E-state index in [4.69, 9.17) is 4.52 Å². The Hall–Kier alpha value is -1.88. The standard InChI is InChI=1S/C17H24N4O/c1-12(2)16-19-17(22-20-16)18-15-11-21(9-13(15)3)10-14-7-5-4-6-8-14/h4-8,12-13,15H,9-11H2,1-3H3,(H,18,19,20). The van der Waals surface area contributed by atoms with Crippen molar-refractivity contribution in [2.24, 2.45) is 5.92 Å². The van der Waals surface area contributed by atoms with Crippen LogP contribution < -0.4 is 5.32 Å². The zero-order chi connectivity index (χ0) is 15.5. The third-order valence-electron chi connectivity index (χ3n) is 4.20. The normalized spacial score (nSPS) is 22.4. The molecule has 0 spiro atoms. The molecule has 22 heavy (non-hydrogen) atoms. The van der Waals surface area contributed by atoms with Crippen LogP contribution in [-0.2, 0) is 6.54 Å². The minimum atomic E-state index is 0.287. The van der Waals surface area contributed by atoms with Crippen molar-refractivity contribution in [2.75, 3.05) is 18.4 Å². The topological polar surface area (TPSA) is 54.2 Å². The second-order valence-electron chi connectivity index (χ2n) is 6.52. The number of nitrogens with one attached hydrogen (secondary N) is 1. The molecule has 1 N–H and O–H groups in total. The van der Waals surface area contributed by atoms with E-state index in [1.54, 1.807) is 0 Å². The van der Waals surface area contributed by atoms with Crippen LogP contribution in [0.3, 0.4) is 0 Å². The molecule has 2 aromatic rings. The molecule has 1 saturated heterocycles. The van der Waals surface area contributed by atoms with Crippen LogP contribution in [0.5, 0.6) is 0 Å². The third kappa shape index (κ3) is 3.47. The van der Waals surface area contributed by atoms with E-state index in [0.29, 0.717) is 18.0 Å². The molecular weight excluding hydrogens is 276 g/mol. The van der Waals surface area contributed by atoms with E-state index < -0.39 is 0 Å². The van der Waals surface area contributed by atoms with Gasteiger partial charge in [0.2, 0.25) is 0 Å². The Morgan fingerprint density at radius 1 is 1.27 bits per heavy atom. The van der Waals surface area contributed by atoms with Crippen LogP contribution in [0.15, 0.2) is 34.9 Å². The predicted molar refractivity (Wildman–Crippen MR) is 86.7 cm³/mol. The Morgan fingerprint density at radius 2 is 2.05 bits per heavy atom. The molecule has 1 aliphatic rings. The molecule has 0 saturated carbocycles. The van der Waals surface area contributed by atoms with Crippen LogP contribution >= 0.6 is 0 Å². The third-order valence-corrected chi connectivity index (χ3v) is 4.20. The van der Waals surface area contributed by atoms with E-state index >= 15 is 0 Å². The van der Waals surface area contributed by atoms with Gasteiger partial charge in [0.15, 0.2) is 5.82 Å². The molecule has 0 radical (unpaired) electrons. The SMILES string of the molecule is CC(C)c1noc(NC2CN(Cc3ccccc3)CC2C)n1. The number of hydrogen-bond acceptors (Lipinski definition) is 5. The zero-order valence-corrected chi connectivity index (χ0v) is 13.5. The zero-order valence-electron chi connectivity index (χ0n) is 13.5. The summed E-state index contributed by atoms with van der Waals surface area (Å²) in [6, 6.07) is 11.5. The van der Waals surface area contributed by atoms with Crippen LogP contribution in [-0.4, -0.2) is 34.2 Å². The van der Waals surface area contributed by atoms with Crippen molar-refractivity contribution in [2.45, 2.75) is 39.3 Å². The van der Waals surface area contributed by atoms with Crippen LogP contribution in [0.1, 0.15) is 38.1 Å². The Balaban J connectivity index is 1.58. The van der Waals surface area contributed by atoms with Gasteiger partial charge < -0.3 is 9.84 Å². The quantitative estimate of drug-likeness (QED) is 0.919. The summed E-state index contributed by atoms with van der Waals surface area (Å²) in [4.78, 5) is 6.88. The highest BCUT2D eigenvalue weighted by Gasteiger charge is 2.30. The number of nitrogens with zero attached hydrogens (tertiary/aromatic N) is 3. The minimum absolute atomic E-state index is 0.287. The van der Waals surface area contributed by atoms with Gasteiger partial charge in [0.05, 0.1) is 0 Å². The molecule has 2 unspecified atom stereocenters. The number of anilines is 1. The van der Waals surface area contributed by atoms with Crippen molar-refractivity contribution in [3.05, 3.63) is 41.7 Å². The summed E-state index contributed by atoms with van der Waals surface area (Å²) in [5.41, 5.74) is 1.36. The van der Waals surface area contributed by atoms with Gasteiger partial charge in [0.25, 0.3) is 0 Å². The highest BCUT2D eigenvalue weighted by molar-refractivity contribution is 5.23. The van der Waals surface area contributed by atoms with Crippen molar-refractivity contribution < 1.29 is 4.52 Å². The second-order valence-corrected chi connectivity index (χ2v) is 6.52. The van der Waals surface area contributed by atoms with Crippen LogP contribution in [0.2, 0.25) is 0 Å². The van der Waals surface area contributed by atoms with E-state index in [2.05, 4.69) is 71.5 Å². The lowest BCUT2D eigenvalue weighted by atomic mass is 10.1. The van der Waals surface area contributed by atoms with E-state index in [1.807, 2.05) is 0 Å². The molecule has 118 valence electrons.